The van der Waals surface area contributed by atoms with Gasteiger partial charge < -0.3 is 10.2 Å². The minimum Gasteiger partial charge on any atom is -0.349 e. The molecule has 6 heteroatoms. The molecule has 1 N–H and O–H groups in total. The average Bonchev–Trinajstić information content (AvgIpc) is 2.82. The van der Waals surface area contributed by atoms with Crippen LogP contribution in [-0.4, -0.2) is 39.3 Å². The monoisotopic (exact) mass is 448 g/mol. The van der Waals surface area contributed by atoms with E-state index in [2.05, 4.69) is 36.3 Å². The number of hydrogen-bond donors (Lipinski definition) is 1. The van der Waals surface area contributed by atoms with E-state index in [1.165, 1.54) is 17.5 Å². The summed E-state index contributed by atoms with van der Waals surface area (Å²) in [6.45, 7) is 6.70. The number of aryl methyl sites for hydroxylation is 3. The smallest absolute Gasteiger partial charge is 0.255 e. The molecule has 33 heavy (non-hydrogen) atoms. The molecule has 0 radical (unpaired) electrons. The lowest BCUT2D eigenvalue weighted by Crippen LogP contribution is -2.42. The van der Waals surface area contributed by atoms with E-state index in [0.717, 1.165) is 50.5 Å². The van der Waals surface area contributed by atoms with E-state index in [-0.39, 0.29) is 23.9 Å². The highest BCUT2D eigenvalue weighted by Crippen LogP contribution is 2.32. The molecule has 2 aromatic rings. The van der Waals surface area contributed by atoms with E-state index >= 15 is 0 Å². The highest BCUT2D eigenvalue weighted by atomic mass is 16.2. The van der Waals surface area contributed by atoms with Gasteiger partial charge in [0.25, 0.3) is 5.91 Å². The lowest BCUT2D eigenvalue weighted by molar-refractivity contribution is -0.134. The summed E-state index contributed by atoms with van der Waals surface area (Å²) in [5.41, 5.74) is 4.67. The Morgan fingerprint density at radius 2 is 1.76 bits per heavy atom. The largest absolute Gasteiger partial charge is 0.349 e. The molecule has 1 saturated heterocycles. The Morgan fingerprint density at radius 1 is 1.00 bits per heavy atom. The molecule has 2 aliphatic rings. The van der Waals surface area contributed by atoms with Crippen LogP contribution in [0.3, 0.4) is 0 Å². The predicted molar refractivity (Wildman–Crippen MR) is 129 cm³/mol. The summed E-state index contributed by atoms with van der Waals surface area (Å²) < 4.78 is 0. The topological polar surface area (TPSA) is 75.2 Å². The van der Waals surface area contributed by atoms with Gasteiger partial charge in [-0.05, 0) is 69.6 Å². The second-order valence-corrected chi connectivity index (χ2v) is 9.72. The number of piperidine rings is 1. The van der Waals surface area contributed by atoms with E-state index in [9.17, 15) is 9.59 Å². The fraction of sp³-hybridized carbons (Fsp3) is 0.556. The quantitative estimate of drug-likeness (QED) is 0.716. The standard InChI is InChI=1S/C27H36N4O2/c1-18-12-13-21(15-19(18)2)16-25(32)31-14-8-7-11-24(31)26-23(17-28-20(3)29-26)27(33)30-22-9-5-4-6-10-22/h12-13,15,17,22,24H,4-11,14,16H2,1-3H3,(H,30,33)/t24-/m0/s1. The van der Waals surface area contributed by atoms with Crippen LogP contribution in [-0.2, 0) is 11.2 Å². The molecule has 0 bridgehead atoms. The molecule has 1 aromatic carbocycles. The number of benzene rings is 1. The van der Waals surface area contributed by atoms with Gasteiger partial charge in [0.2, 0.25) is 5.91 Å². The fourth-order valence-electron chi connectivity index (χ4n) is 5.13. The Bertz CT molecular complexity index is 1010. The molecule has 1 aromatic heterocycles. The molecular formula is C27H36N4O2. The van der Waals surface area contributed by atoms with Gasteiger partial charge in [0.1, 0.15) is 5.82 Å². The minimum atomic E-state index is -0.188. The van der Waals surface area contributed by atoms with Crippen LogP contribution in [0.5, 0.6) is 0 Å². The van der Waals surface area contributed by atoms with E-state index in [4.69, 9.17) is 4.98 Å². The predicted octanol–water partition coefficient (Wildman–Crippen LogP) is 4.76. The molecule has 1 saturated carbocycles. The first-order valence-electron chi connectivity index (χ1n) is 12.4. The van der Waals surface area contributed by atoms with Crippen LogP contribution in [0.25, 0.3) is 0 Å². The zero-order chi connectivity index (χ0) is 23.4. The highest BCUT2D eigenvalue weighted by Gasteiger charge is 2.32. The van der Waals surface area contributed by atoms with Crippen LogP contribution in [0.2, 0.25) is 0 Å². The summed E-state index contributed by atoms with van der Waals surface area (Å²) in [6, 6.07) is 6.25. The average molecular weight is 449 g/mol. The number of carbonyl (C=O) groups is 2. The van der Waals surface area contributed by atoms with Crippen molar-refractivity contribution in [1.29, 1.82) is 0 Å². The van der Waals surface area contributed by atoms with Gasteiger partial charge in [0.05, 0.1) is 23.7 Å². The maximum absolute atomic E-state index is 13.4. The molecule has 4 rings (SSSR count). The molecule has 2 heterocycles. The highest BCUT2D eigenvalue weighted by molar-refractivity contribution is 5.95. The van der Waals surface area contributed by atoms with Crippen LogP contribution < -0.4 is 5.32 Å². The molecule has 1 aliphatic carbocycles. The zero-order valence-corrected chi connectivity index (χ0v) is 20.2. The maximum atomic E-state index is 13.4. The molecule has 2 fully saturated rings. The first kappa shape index (κ1) is 23.4. The van der Waals surface area contributed by atoms with Crippen molar-refractivity contribution in [2.24, 2.45) is 0 Å². The second-order valence-electron chi connectivity index (χ2n) is 9.72. The molecule has 6 nitrogen and oxygen atoms in total. The Kier molecular flexibility index (Phi) is 7.41. The number of aromatic nitrogens is 2. The summed E-state index contributed by atoms with van der Waals surface area (Å²) in [4.78, 5) is 37.6. The molecule has 2 amide bonds. The van der Waals surface area contributed by atoms with Crippen molar-refractivity contribution in [3.05, 3.63) is 58.2 Å². The third-order valence-corrected chi connectivity index (χ3v) is 7.19. The van der Waals surface area contributed by atoms with Crippen LogP contribution in [0.4, 0.5) is 0 Å². The van der Waals surface area contributed by atoms with Gasteiger partial charge in [-0.2, -0.15) is 0 Å². The molecule has 1 atom stereocenters. The molecular weight excluding hydrogens is 412 g/mol. The third-order valence-electron chi connectivity index (χ3n) is 7.19. The van der Waals surface area contributed by atoms with Gasteiger partial charge in [-0.15, -0.1) is 0 Å². The third kappa shape index (κ3) is 5.60. The van der Waals surface area contributed by atoms with Crippen molar-refractivity contribution >= 4 is 11.8 Å². The molecule has 176 valence electrons. The number of carbonyl (C=O) groups excluding carboxylic acids is 2. The van der Waals surface area contributed by atoms with Crippen LogP contribution in [0.15, 0.2) is 24.4 Å². The fourth-order valence-corrected chi connectivity index (χ4v) is 5.13. The van der Waals surface area contributed by atoms with Gasteiger partial charge in [-0.25, -0.2) is 9.97 Å². The SMILES string of the molecule is Cc1ncc(C(=O)NC2CCCCC2)c([C@@H]2CCCCN2C(=O)Cc2ccc(C)c(C)c2)n1. The van der Waals surface area contributed by atoms with Crippen LogP contribution >= 0.6 is 0 Å². The first-order chi connectivity index (χ1) is 15.9. The number of amides is 2. The summed E-state index contributed by atoms with van der Waals surface area (Å²) in [6.07, 6.45) is 10.4. The maximum Gasteiger partial charge on any atom is 0.255 e. The van der Waals surface area contributed by atoms with Gasteiger partial charge in [0.15, 0.2) is 0 Å². The lowest BCUT2D eigenvalue weighted by Gasteiger charge is -2.36. The summed E-state index contributed by atoms with van der Waals surface area (Å²) in [5.74, 6) is 0.619. The lowest BCUT2D eigenvalue weighted by atomic mass is 9.93. The summed E-state index contributed by atoms with van der Waals surface area (Å²) in [7, 11) is 0. The Balaban J connectivity index is 1.57. The van der Waals surface area contributed by atoms with E-state index < -0.39 is 0 Å². The van der Waals surface area contributed by atoms with E-state index in [1.807, 2.05) is 17.9 Å². The van der Waals surface area contributed by atoms with Gasteiger partial charge in [0, 0.05) is 18.8 Å². The van der Waals surface area contributed by atoms with E-state index in [0.29, 0.717) is 30.0 Å². The van der Waals surface area contributed by atoms with E-state index in [1.54, 1.807) is 6.20 Å². The van der Waals surface area contributed by atoms with Crippen molar-refractivity contribution in [3.63, 3.8) is 0 Å². The summed E-state index contributed by atoms with van der Waals surface area (Å²) >= 11 is 0. The molecule has 0 spiro atoms. The van der Waals surface area contributed by atoms with Gasteiger partial charge in [-0.1, -0.05) is 37.5 Å². The second kappa shape index (κ2) is 10.4. The number of nitrogens with one attached hydrogen (secondary N) is 1. The van der Waals surface area contributed by atoms with Crippen molar-refractivity contribution < 1.29 is 9.59 Å². The normalized spacial score (nSPS) is 19.4. The Labute approximate surface area is 197 Å². The number of rotatable bonds is 5. The Morgan fingerprint density at radius 3 is 2.52 bits per heavy atom. The van der Waals surface area contributed by atoms with Crippen molar-refractivity contribution in [3.8, 4) is 0 Å². The zero-order valence-electron chi connectivity index (χ0n) is 20.2. The van der Waals surface area contributed by atoms with Gasteiger partial charge >= 0.3 is 0 Å². The van der Waals surface area contributed by atoms with Gasteiger partial charge in [-0.3, -0.25) is 9.59 Å². The molecule has 0 unspecified atom stereocenters. The van der Waals surface area contributed by atoms with Crippen LogP contribution in [0, 0.1) is 20.8 Å². The van der Waals surface area contributed by atoms with Crippen molar-refractivity contribution in [2.75, 3.05) is 6.54 Å². The Hall–Kier alpha value is -2.76. The number of nitrogens with zero attached hydrogens (tertiary/aromatic N) is 3. The number of hydrogen-bond acceptors (Lipinski definition) is 4. The minimum absolute atomic E-state index is 0.0952. The first-order valence-corrected chi connectivity index (χ1v) is 12.4. The van der Waals surface area contributed by atoms with Crippen molar-refractivity contribution in [1.82, 2.24) is 20.2 Å². The molecule has 1 aliphatic heterocycles. The van der Waals surface area contributed by atoms with Crippen molar-refractivity contribution in [2.45, 2.75) is 90.6 Å². The number of likely N-dealkylation sites (tertiary alicyclic amines) is 1. The van der Waals surface area contributed by atoms with Crippen LogP contribution in [0.1, 0.15) is 96.0 Å². The summed E-state index contributed by atoms with van der Waals surface area (Å²) in [5, 5.41) is 3.21.